The third-order valence-electron chi connectivity index (χ3n) is 4.56. The number of sulfone groups is 1. The van der Waals surface area contributed by atoms with Crippen LogP contribution in [0.25, 0.3) is 5.52 Å². The van der Waals surface area contributed by atoms with Gasteiger partial charge in [0.1, 0.15) is 11.5 Å². The molecule has 0 atom stereocenters. The van der Waals surface area contributed by atoms with E-state index in [4.69, 9.17) is 4.74 Å². The predicted molar refractivity (Wildman–Crippen MR) is 114 cm³/mol. The minimum atomic E-state index is -3.60. The quantitative estimate of drug-likeness (QED) is 0.490. The standard InChI is InChI=1S/C22H19N3O4S/c1-24(16-11-13-18(14-12-16)29-17-8-4-3-5-9-17)21(26)20-19-10-6-7-15-25(19)22(23-20)30(2,27)28/h3-15H,1-2H3. The lowest BCUT2D eigenvalue weighted by Gasteiger charge is -2.17. The van der Waals surface area contributed by atoms with Crippen molar-refractivity contribution >= 4 is 26.9 Å². The minimum absolute atomic E-state index is 0.0723. The van der Waals surface area contributed by atoms with Gasteiger partial charge in [-0.2, -0.15) is 0 Å². The summed E-state index contributed by atoms with van der Waals surface area (Å²) in [5, 5.41) is -0.165. The molecular weight excluding hydrogens is 402 g/mol. The second-order valence-corrected chi connectivity index (χ2v) is 8.65. The average molecular weight is 421 g/mol. The normalized spacial score (nSPS) is 11.4. The summed E-state index contributed by atoms with van der Waals surface area (Å²) >= 11 is 0. The number of benzene rings is 2. The van der Waals surface area contributed by atoms with Gasteiger partial charge >= 0.3 is 0 Å². The molecule has 30 heavy (non-hydrogen) atoms. The average Bonchev–Trinajstić information content (AvgIpc) is 3.14. The van der Waals surface area contributed by atoms with Crippen LogP contribution < -0.4 is 9.64 Å². The second kappa shape index (κ2) is 7.64. The van der Waals surface area contributed by atoms with Crippen LogP contribution in [0.2, 0.25) is 0 Å². The third kappa shape index (κ3) is 3.77. The van der Waals surface area contributed by atoms with Gasteiger partial charge in [0.25, 0.3) is 5.91 Å². The number of hydrogen-bond donors (Lipinski definition) is 0. The number of pyridine rings is 1. The van der Waals surface area contributed by atoms with Crippen molar-refractivity contribution in [3.05, 3.63) is 84.7 Å². The highest BCUT2D eigenvalue weighted by molar-refractivity contribution is 7.90. The van der Waals surface area contributed by atoms with Gasteiger partial charge in [-0.15, -0.1) is 0 Å². The lowest BCUT2D eigenvalue weighted by molar-refractivity contribution is 0.0990. The number of anilines is 1. The lowest BCUT2D eigenvalue weighted by atomic mass is 10.2. The molecule has 0 fully saturated rings. The fraction of sp³-hybridized carbons (Fsp3) is 0.0909. The zero-order valence-electron chi connectivity index (χ0n) is 16.4. The summed E-state index contributed by atoms with van der Waals surface area (Å²) in [6, 6.07) is 21.5. The number of ether oxygens (including phenoxy) is 1. The number of amides is 1. The van der Waals surface area contributed by atoms with Crippen molar-refractivity contribution in [2.45, 2.75) is 5.16 Å². The van der Waals surface area contributed by atoms with E-state index in [2.05, 4.69) is 4.98 Å². The smallest absolute Gasteiger partial charge is 0.278 e. The van der Waals surface area contributed by atoms with Gasteiger partial charge in [0, 0.05) is 25.2 Å². The molecule has 0 saturated heterocycles. The minimum Gasteiger partial charge on any atom is -0.457 e. The molecule has 0 N–H and O–H groups in total. The van der Waals surface area contributed by atoms with E-state index in [1.54, 1.807) is 55.7 Å². The molecule has 8 heteroatoms. The van der Waals surface area contributed by atoms with Gasteiger partial charge in [-0.1, -0.05) is 24.3 Å². The number of carbonyl (C=O) groups is 1. The Morgan fingerprint density at radius 1 is 0.933 bits per heavy atom. The SMILES string of the molecule is CN(C(=O)c1nc(S(C)(=O)=O)n2ccccc12)c1ccc(Oc2ccccc2)cc1. The number of nitrogens with zero attached hydrogens (tertiary/aromatic N) is 3. The molecule has 0 aliphatic carbocycles. The first-order chi connectivity index (χ1) is 14.3. The first kappa shape index (κ1) is 19.7. The maximum Gasteiger partial charge on any atom is 0.278 e. The number of imidazole rings is 1. The summed E-state index contributed by atoms with van der Waals surface area (Å²) in [5.41, 5.74) is 1.13. The zero-order valence-corrected chi connectivity index (χ0v) is 17.2. The molecule has 0 unspecified atom stereocenters. The summed E-state index contributed by atoms with van der Waals surface area (Å²) in [7, 11) is -1.99. The molecule has 2 aromatic heterocycles. The second-order valence-electron chi connectivity index (χ2n) is 6.74. The third-order valence-corrected chi connectivity index (χ3v) is 5.51. The van der Waals surface area contributed by atoms with E-state index in [1.807, 2.05) is 30.3 Å². The first-order valence-corrected chi connectivity index (χ1v) is 11.0. The van der Waals surface area contributed by atoms with E-state index in [-0.39, 0.29) is 10.9 Å². The Morgan fingerprint density at radius 2 is 1.57 bits per heavy atom. The topological polar surface area (TPSA) is 81.0 Å². The number of para-hydroxylation sites is 1. The summed E-state index contributed by atoms with van der Waals surface area (Å²) in [6.45, 7) is 0. The van der Waals surface area contributed by atoms with Crippen molar-refractivity contribution in [1.82, 2.24) is 9.38 Å². The fourth-order valence-electron chi connectivity index (χ4n) is 3.07. The molecule has 0 aliphatic rings. The van der Waals surface area contributed by atoms with Gasteiger partial charge in [-0.25, -0.2) is 13.4 Å². The number of fused-ring (bicyclic) bond motifs is 1. The van der Waals surface area contributed by atoms with Crippen LogP contribution in [0.4, 0.5) is 5.69 Å². The Kier molecular flexibility index (Phi) is 5.01. The molecule has 0 saturated carbocycles. The van der Waals surface area contributed by atoms with Crippen molar-refractivity contribution in [2.24, 2.45) is 0 Å². The number of rotatable bonds is 5. The molecule has 2 heterocycles. The van der Waals surface area contributed by atoms with E-state index >= 15 is 0 Å². The van der Waals surface area contributed by atoms with E-state index < -0.39 is 15.7 Å². The van der Waals surface area contributed by atoms with Crippen molar-refractivity contribution in [3.63, 3.8) is 0 Å². The van der Waals surface area contributed by atoms with E-state index in [0.717, 1.165) is 6.26 Å². The van der Waals surface area contributed by atoms with Crippen LogP contribution in [0.15, 0.2) is 84.1 Å². The molecular formula is C22H19N3O4S. The Bertz CT molecular complexity index is 1310. The lowest BCUT2D eigenvalue weighted by Crippen LogP contribution is -2.26. The summed E-state index contributed by atoms with van der Waals surface area (Å²) < 4.78 is 31.4. The van der Waals surface area contributed by atoms with Crippen molar-refractivity contribution in [1.29, 1.82) is 0 Å². The molecule has 0 aliphatic heterocycles. The van der Waals surface area contributed by atoms with Crippen molar-refractivity contribution in [2.75, 3.05) is 18.2 Å². The molecule has 2 aromatic carbocycles. The zero-order chi connectivity index (χ0) is 21.3. The van der Waals surface area contributed by atoms with Crippen LogP contribution >= 0.6 is 0 Å². The van der Waals surface area contributed by atoms with Crippen molar-refractivity contribution < 1.29 is 17.9 Å². The Morgan fingerprint density at radius 3 is 2.23 bits per heavy atom. The Hall–Kier alpha value is -3.65. The van der Waals surface area contributed by atoms with E-state index in [0.29, 0.717) is 22.7 Å². The Labute approximate surface area is 174 Å². The van der Waals surface area contributed by atoms with Gasteiger partial charge < -0.3 is 9.64 Å². The predicted octanol–water partition coefficient (Wildman–Crippen LogP) is 3.81. The maximum absolute atomic E-state index is 13.1. The highest BCUT2D eigenvalue weighted by atomic mass is 32.2. The Balaban J connectivity index is 1.63. The van der Waals surface area contributed by atoms with E-state index in [9.17, 15) is 13.2 Å². The van der Waals surface area contributed by atoms with Crippen LogP contribution in [-0.2, 0) is 9.84 Å². The van der Waals surface area contributed by atoms with Gasteiger partial charge in [0.15, 0.2) is 5.69 Å². The van der Waals surface area contributed by atoms with Crippen LogP contribution in [-0.4, -0.2) is 37.0 Å². The molecule has 0 radical (unpaired) electrons. The monoisotopic (exact) mass is 421 g/mol. The van der Waals surface area contributed by atoms with Gasteiger partial charge in [0.2, 0.25) is 15.0 Å². The first-order valence-electron chi connectivity index (χ1n) is 9.13. The fourth-order valence-corrected chi connectivity index (χ4v) is 3.84. The largest absolute Gasteiger partial charge is 0.457 e. The van der Waals surface area contributed by atoms with E-state index in [1.165, 1.54) is 9.30 Å². The number of carbonyl (C=O) groups excluding carboxylic acids is 1. The summed E-state index contributed by atoms with van der Waals surface area (Å²) in [5.74, 6) is 0.940. The van der Waals surface area contributed by atoms with Crippen LogP contribution in [0.1, 0.15) is 10.5 Å². The maximum atomic E-state index is 13.1. The van der Waals surface area contributed by atoms with Crippen LogP contribution in [0.5, 0.6) is 11.5 Å². The van der Waals surface area contributed by atoms with Gasteiger partial charge in [0.05, 0.1) is 5.52 Å². The summed E-state index contributed by atoms with van der Waals surface area (Å²) in [4.78, 5) is 18.7. The molecule has 4 rings (SSSR count). The highest BCUT2D eigenvalue weighted by Crippen LogP contribution is 2.25. The van der Waals surface area contributed by atoms with Crippen molar-refractivity contribution in [3.8, 4) is 11.5 Å². The van der Waals surface area contributed by atoms with Gasteiger partial charge in [-0.3, -0.25) is 9.20 Å². The molecule has 1 amide bonds. The van der Waals surface area contributed by atoms with Gasteiger partial charge in [-0.05, 0) is 48.5 Å². The molecule has 0 spiro atoms. The molecule has 152 valence electrons. The number of hydrogen-bond acceptors (Lipinski definition) is 5. The molecule has 4 aromatic rings. The molecule has 0 bridgehead atoms. The van der Waals surface area contributed by atoms with Crippen LogP contribution in [0.3, 0.4) is 0 Å². The van der Waals surface area contributed by atoms with Crippen LogP contribution in [0, 0.1) is 0 Å². The molecule has 7 nitrogen and oxygen atoms in total. The number of aromatic nitrogens is 2. The highest BCUT2D eigenvalue weighted by Gasteiger charge is 2.25. The summed E-state index contributed by atoms with van der Waals surface area (Å²) in [6.07, 6.45) is 2.64.